The van der Waals surface area contributed by atoms with Gasteiger partial charge in [0.1, 0.15) is 5.75 Å². The van der Waals surface area contributed by atoms with Gasteiger partial charge in [0.15, 0.2) is 0 Å². The Balaban J connectivity index is 1.31. The third-order valence-electron chi connectivity index (χ3n) is 5.18. The van der Waals surface area contributed by atoms with Crippen molar-refractivity contribution < 1.29 is 19.3 Å². The lowest BCUT2D eigenvalue weighted by Gasteiger charge is -2.36. The second-order valence-electron chi connectivity index (χ2n) is 7.22. The number of methoxy groups -OCH3 is 1. The number of piperazine rings is 1. The molecule has 0 unspecified atom stereocenters. The van der Waals surface area contributed by atoms with Crippen molar-refractivity contribution in [3.8, 4) is 5.75 Å². The van der Waals surface area contributed by atoms with Gasteiger partial charge in [-0.05, 0) is 18.9 Å². The minimum Gasteiger partial charge on any atom is -0.496 e. The van der Waals surface area contributed by atoms with Crippen LogP contribution in [0.3, 0.4) is 0 Å². The van der Waals surface area contributed by atoms with Crippen LogP contribution in [0.1, 0.15) is 18.4 Å². The van der Waals surface area contributed by atoms with Gasteiger partial charge in [-0.2, -0.15) is 0 Å². The number of aliphatic hydroxyl groups excluding tert-OH is 1. The SMILES string of the molecule is COc1ccccc1COC[C@@H](O)CN1CCN(C[C@@H]2CCCO2)CC1. The molecule has 0 spiro atoms. The minimum absolute atomic E-state index is 0.341. The van der Waals surface area contributed by atoms with Gasteiger partial charge in [-0.15, -0.1) is 0 Å². The number of hydrogen-bond acceptors (Lipinski definition) is 6. The van der Waals surface area contributed by atoms with Crippen molar-refractivity contribution in [1.29, 1.82) is 0 Å². The summed E-state index contributed by atoms with van der Waals surface area (Å²) in [5, 5.41) is 10.3. The van der Waals surface area contributed by atoms with Crippen LogP contribution >= 0.6 is 0 Å². The van der Waals surface area contributed by atoms with Crippen LogP contribution in [-0.4, -0.2) is 86.7 Å². The van der Waals surface area contributed by atoms with E-state index in [-0.39, 0.29) is 0 Å². The molecule has 0 aromatic heterocycles. The molecule has 6 heteroatoms. The molecular weight excluding hydrogens is 332 g/mol. The lowest BCUT2D eigenvalue weighted by molar-refractivity contribution is -0.00377. The van der Waals surface area contributed by atoms with E-state index in [0.717, 1.165) is 50.6 Å². The number of ether oxygens (including phenoxy) is 3. The molecule has 146 valence electrons. The molecule has 2 atom stereocenters. The topological polar surface area (TPSA) is 54.4 Å². The van der Waals surface area contributed by atoms with E-state index >= 15 is 0 Å². The summed E-state index contributed by atoms with van der Waals surface area (Å²) < 4.78 is 16.7. The Kier molecular flexibility index (Phi) is 7.70. The first-order chi connectivity index (χ1) is 12.7. The molecule has 0 saturated carbocycles. The minimum atomic E-state index is -0.463. The smallest absolute Gasteiger partial charge is 0.124 e. The highest BCUT2D eigenvalue weighted by atomic mass is 16.5. The van der Waals surface area contributed by atoms with Crippen molar-refractivity contribution in [3.63, 3.8) is 0 Å². The molecule has 2 fully saturated rings. The summed E-state index contributed by atoms with van der Waals surface area (Å²) in [6.45, 7) is 7.53. The van der Waals surface area contributed by atoms with Crippen molar-refractivity contribution in [2.75, 3.05) is 59.6 Å². The zero-order valence-corrected chi connectivity index (χ0v) is 15.8. The van der Waals surface area contributed by atoms with Crippen molar-refractivity contribution in [1.82, 2.24) is 9.80 Å². The second-order valence-corrected chi connectivity index (χ2v) is 7.22. The molecular formula is C20H32N2O4. The van der Waals surface area contributed by atoms with E-state index in [1.165, 1.54) is 12.8 Å². The first-order valence-corrected chi connectivity index (χ1v) is 9.68. The van der Waals surface area contributed by atoms with Gasteiger partial charge in [0.05, 0.1) is 32.5 Å². The zero-order chi connectivity index (χ0) is 18.2. The second kappa shape index (κ2) is 10.2. The van der Waals surface area contributed by atoms with Gasteiger partial charge in [-0.25, -0.2) is 0 Å². The standard InChI is InChI=1S/C20H32N2O4/c1-24-20-7-3-2-5-17(20)15-25-16-18(23)13-21-8-10-22(11-9-21)14-19-6-4-12-26-19/h2-3,5,7,18-19,23H,4,6,8-16H2,1H3/t18-,19-/m0/s1. The molecule has 0 radical (unpaired) electrons. The average Bonchev–Trinajstić information content (AvgIpc) is 3.17. The van der Waals surface area contributed by atoms with Crippen molar-refractivity contribution in [3.05, 3.63) is 29.8 Å². The molecule has 0 amide bonds. The highest BCUT2D eigenvalue weighted by molar-refractivity contribution is 5.32. The Labute approximate surface area is 156 Å². The summed E-state index contributed by atoms with van der Waals surface area (Å²) in [6, 6.07) is 7.81. The van der Waals surface area contributed by atoms with Crippen LogP contribution in [0.5, 0.6) is 5.75 Å². The number of benzene rings is 1. The average molecular weight is 364 g/mol. The Bertz CT molecular complexity index is 528. The van der Waals surface area contributed by atoms with Gasteiger partial charge in [0.2, 0.25) is 0 Å². The van der Waals surface area contributed by atoms with E-state index in [2.05, 4.69) is 9.80 Å². The first-order valence-electron chi connectivity index (χ1n) is 9.68. The molecule has 2 heterocycles. The van der Waals surface area contributed by atoms with E-state index in [4.69, 9.17) is 14.2 Å². The summed E-state index contributed by atoms with van der Waals surface area (Å²) in [4.78, 5) is 4.81. The lowest BCUT2D eigenvalue weighted by atomic mass is 10.2. The fourth-order valence-corrected chi connectivity index (χ4v) is 3.71. The molecule has 3 rings (SSSR count). The highest BCUT2D eigenvalue weighted by Crippen LogP contribution is 2.18. The number of aliphatic hydroxyl groups is 1. The number of para-hydroxylation sites is 1. The number of rotatable bonds is 9. The fourth-order valence-electron chi connectivity index (χ4n) is 3.71. The quantitative estimate of drug-likeness (QED) is 0.714. The summed E-state index contributed by atoms with van der Waals surface area (Å²) in [5.41, 5.74) is 1.00. The molecule has 2 saturated heterocycles. The van der Waals surface area contributed by atoms with Crippen LogP contribution in [-0.2, 0) is 16.1 Å². The summed E-state index contributed by atoms with van der Waals surface area (Å²) in [6.07, 6.45) is 2.36. The molecule has 6 nitrogen and oxygen atoms in total. The predicted octanol–water partition coefficient (Wildman–Crippen LogP) is 1.37. The van der Waals surface area contributed by atoms with Crippen LogP contribution < -0.4 is 4.74 Å². The maximum atomic E-state index is 10.3. The van der Waals surface area contributed by atoms with Gasteiger partial charge < -0.3 is 19.3 Å². The van der Waals surface area contributed by atoms with Crippen molar-refractivity contribution in [2.45, 2.75) is 31.7 Å². The van der Waals surface area contributed by atoms with Crippen molar-refractivity contribution >= 4 is 0 Å². The highest BCUT2D eigenvalue weighted by Gasteiger charge is 2.23. The van der Waals surface area contributed by atoms with Gasteiger partial charge in [-0.1, -0.05) is 18.2 Å². The Morgan fingerprint density at radius 2 is 1.96 bits per heavy atom. The molecule has 2 aliphatic rings. The number of hydrogen-bond donors (Lipinski definition) is 1. The number of nitrogens with zero attached hydrogens (tertiary/aromatic N) is 2. The third kappa shape index (κ3) is 5.93. The van der Waals surface area contributed by atoms with Gasteiger partial charge >= 0.3 is 0 Å². The molecule has 1 N–H and O–H groups in total. The molecule has 1 aromatic carbocycles. The summed E-state index contributed by atoms with van der Waals surface area (Å²) in [5.74, 6) is 0.823. The zero-order valence-electron chi connectivity index (χ0n) is 15.8. The maximum Gasteiger partial charge on any atom is 0.124 e. The normalized spacial score (nSPS) is 23.2. The third-order valence-corrected chi connectivity index (χ3v) is 5.18. The van der Waals surface area contributed by atoms with Gasteiger partial charge in [-0.3, -0.25) is 9.80 Å². The van der Waals surface area contributed by atoms with E-state index in [9.17, 15) is 5.11 Å². The fraction of sp³-hybridized carbons (Fsp3) is 0.700. The van der Waals surface area contributed by atoms with Gasteiger partial charge in [0, 0.05) is 51.4 Å². The predicted molar refractivity (Wildman–Crippen MR) is 101 cm³/mol. The van der Waals surface area contributed by atoms with Crippen LogP contribution in [0.4, 0.5) is 0 Å². The van der Waals surface area contributed by atoms with Gasteiger partial charge in [0.25, 0.3) is 0 Å². The monoisotopic (exact) mass is 364 g/mol. The van der Waals surface area contributed by atoms with Crippen LogP contribution in [0, 0.1) is 0 Å². The van der Waals surface area contributed by atoms with E-state index in [0.29, 0.717) is 25.9 Å². The van der Waals surface area contributed by atoms with Crippen LogP contribution in [0.25, 0.3) is 0 Å². The maximum absolute atomic E-state index is 10.3. The number of β-amino-alcohol motifs (C(OH)–C–C–N with tert-alkyl or cyclic N) is 1. The molecule has 0 aliphatic carbocycles. The van der Waals surface area contributed by atoms with Crippen molar-refractivity contribution in [2.24, 2.45) is 0 Å². The molecule has 2 aliphatic heterocycles. The Morgan fingerprint density at radius 1 is 1.19 bits per heavy atom. The Hall–Kier alpha value is -1.18. The van der Waals surface area contributed by atoms with E-state index in [1.54, 1.807) is 7.11 Å². The molecule has 26 heavy (non-hydrogen) atoms. The summed E-state index contributed by atoms with van der Waals surface area (Å²) in [7, 11) is 1.66. The van der Waals surface area contributed by atoms with Crippen LogP contribution in [0.2, 0.25) is 0 Å². The first kappa shape index (κ1) is 19.6. The van der Waals surface area contributed by atoms with E-state index in [1.807, 2.05) is 24.3 Å². The largest absolute Gasteiger partial charge is 0.496 e. The molecule has 1 aromatic rings. The Morgan fingerprint density at radius 3 is 2.69 bits per heavy atom. The summed E-state index contributed by atoms with van der Waals surface area (Å²) >= 11 is 0. The molecule has 0 bridgehead atoms. The van der Waals surface area contributed by atoms with Crippen LogP contribution in [0.15, 0.2) is 24.3 Å². The lowest BCUT2D eigenvalue weighted by Crippen LogP contribution is -2.50. The van der Waals surface area contributed by atoms with E-state index < -0.39 is 6.10 Å².